The molecule has 1 aromatic heterocycles. The summed E-state index contributed by atoms with van der Waals surface area (Å²) in [6.45, 7) is 7.08. The third-order valence-corrected chi connectivity index (χ3v) is 3.96. The molecule has 2 heterocycles. The minimum atomic E-state index is -0.922. The van der Waals surface area contributed by atoms with Crippen LogP contribution in [-0.2, 0) is 11.3 Å². The van der Waals surface area contributed by atoms with Gasteiger partial charge in [0.15, 0.2) is 0 Å². The maximum absolute atomic E-state index is 12.7. The highest BCUT2D eigenvalue weighted by molar-refractivity contribution is 5.95. The summed E-state index contributed by atoms with van der Waals surface area (Å²) in [6.07, 6.45) is 2.23. The van der Waals surface area contributed by atoms with Gasteiger partial charge in [-0.1, -0.05) is 13.8 Å². The van der Waals surface area contributed by atoms with Gasteiger partial charge in [0.05, 0.1) is 5.69 Å². The molecule has 1 atom stereocenters. The predicted molar refractivity (Wildman–Crippen MR) is 78.3 cm³/mol. The molecule has 21 heavy (non-hydrogen) atoms. The van der Waals surface area contributed by atoms with E-state index in [4.69, 9.17) is 0 Å². The van der Waals surface area contributed by atoms with Gasteiger partial charge in [0.2, 0.25) is 0 Å². The molecule has 0 spiro atoms. The lowest BCUT2D eigenvalue weighted by Crippen LogP contribution is -2.48. The van der Waals surface area contributed by atoms with Crippen molar-refractivity contribution in [1.82, 2.24) is 14.7 Å². The van der Waals surface area contributed by atoms with Crippen molar-refractivity contribution in [2.24, 2.45) is 0 Å². The van der Waals surface area contributed by atoms with Crippen molar-refractivity contribution in [3.05, 3.63) is 17.5 Å². The van der Waals surface area contributed by atoms with Crippen LogP contribution in [0.2, 0.25) is 0 Å². The smallest absolute Gasteiger partial charge is 0.326 e. The first-order chi connectivity index (χ1) is 9.95. The van der Waals surface area contributed by atoms with Gasteiger partial charge in [-0.3, -0.25) is 9.48 Å². The Morgan fingerprint density at radius 1 is 1.43 bits per heavy atom. The quantitative estimate of drug-likeness (QED) is 0.922. The molecule has 116 valence electrons. The van der Waals surface area contributed by atoms with E-state index in [9.17, 15) is 14.7 Å². The van der Waals surface area contributed by atoms with Crippen molar-refractivity contribution in [2.45, 2.75) is 58.5 Å². The van der Waals surface area contributed by atoms with Crippen LogP contribution in [0.3, 0.4) is 0 Å². The molecule has 1 fully saturated rings. The number of rotatable bonds is 4. The van der Waals surface area contributed by atoms with E-state index in [-0.39, 0.29) is 11.8 Å². The van der Waals surface area contributed by atoms with Gasteiger partial charge < -0.3 is 10.0 Å². The zero-order valence-electron chi connectivity index (χ0n) is 12.9. The molecule has 6 heteroatoms. The fourth-order valence-corrected chi connectivity index (χ4v) is 2.71. The zero-order valence-corrected chi connectivity index (χ0v) is 12.9. The largest absolute Gasteiger partial charge is 0.480 e. The summed E-state index contributed by atoms with van der Waals surface area (Å²) in [4.78, 5) is 25.6. The minimum absolute atomic E-state index is 0.219. The highest BCUT2D eigenvalue weighted by Gasteiger charge is 2.34. The number of nitrogens with zero attached hydrogens (tertiary/aromatic N) is 3. The molecule has 1 N–H and O–H groups in total. The highest BCUT2D eigenvalue weighted by Crippen LogP contribution is 2.22. The second-order valence-electron chi connectivity index (χ2n) is 5.77. The number of carbonyl (C=O) groups is 2. The average Bonchev–Trinajstić information content (AvgIpc) is 2.90. The summed E-state index contributed by atoms with van der Waals surface area (Å²) in [7, 11) is 0. The summed E-state index contributed by atoms with van der Waals surface area (Å²) in [5.74, 6) is -0.904. The van der Waals surface area contributed by atoms with E-state index < -0.39 is 12.0 Å². The van der Waals surface area contributed by atoms with E-state index in [1.54, 1.807) is 10.7 Å². The number of likely N-dealkylation sites (tertiary alicyclic amines) is 1. The summed E-state index contributed by atoms with van der Waals surface area (Å²) in [5, 5.41) is 13.7. The Morgan fingerprint density at radius 2 is 2.14 bits per heavy atom. The van der Waals surface area contributed by atoms with E-state index in [0.717, 1.165) is 18.5 Å². The molecular weight excluding hydrogens is 270 g/mol. The number of hydrogen-bond donors (Lipinski definition) is 1. The van der Waals surface area contributed by atoms with E-state index in [2.05, 4.69) is 5.10 Å². The van der Waals surface area contributed by atoms with Crippen molar-refractivity contribution in [3.8, 4) is 0 Å². The standard InChI is InChI=1S/C15H23N3O3/c1-4-18-13(9-11(16-18)10(2)3)14(19)17-8-6-5-7-12(17)15(20)21/h9-10,12H,4-8H2,1-3H3,(H,20,21)/t12-/m0/s1. The Hall–Kier alpha value is -1.85. The number of carboxylic acid groups (broad SMARTS) is 1. The van der Waals surface area contributed by atoms with Crippen LogP contribution in [0.15, 0.2) is 6.07 Å². The molecule has 0 aromatic carbocycles. The van der Waals surface area contributed by atoms with Gasteiger partial charge in [0, 0.05) is 13.1 Å². The molecule has 1 amide bonds. The predicted octanol–water partition coefficient (Wildman–Crippen LogP) is 2.11. The number of aryl methyl sites for hydroxylation is 1. The van der Waals surface area contributed by atoms with Crippen LogP contribution < -0.4 is 0 Å². The highest BCUT2D eigenvalue weighted by atomic mass is 16.4. The Bertz CT molecular complexity index is 536. The molecule has 2 rings (SSSR count). The Balaban J connectivity index is 2.31. The number of carboxylic acids is 1. The molecule has 0 aliphatic carbocycles. The number of amides is 1. The summed E-state index contributed by atoms with van der Waals surface area (Å²) >= 11 is 0. The van der Waals surface area contributed by atoms with Crippen LogP contribution in [0.5, 0.6) is 0 Å². The van der Waals surface area contributed by atoms with Gasteiger partial charge >= 0.3 is 5.97 Å². The summed E-state index contributed by atoms with van der Waals surface area (Å²) < 4.78 is 1.67. The molecule has 0 saturated carbocycles. The fraction of sp³-hybridized carbons (Fsp3) is 0.667. The first-order valence-corrected chi connectivity index (χ1v) is 7.57. The van der Waals surface area contributed by atoms with Gasteiger partial charge in [-0.05, 0) is 38.2 Å². The van der Waals surface area contributed by atoms with Gasteiger partial charge in [-0.25, -0.2) is 4.79 Å². The normalized spacial score (nSPS) is 19.0. The van der Waals surface area contributed by atoms with Crippen LogP contribution in [0, 0.1) is 0 Å². The second-order valence-corrected chi connectivity index (χ2v) is 5.77. The SMILES string of the molecule is CCn1nc(C(C)C)cc1C(=O)N1CCCC[C@H]1C(=O)O. The molecule has 1 aliphatic heterocycles. The molecule has 1 aromatic rings. The Kier molecular flexibility index (Phi) is 4.65. The molecular formula is C15H23N3O3. The number of piperidine rings is 1. The van der Waals surface area contributed by atoms with Crippen molar-refractivity contribution in [2.75, 3.05) is 6.54 Å². The van der Waals surface area contributed by atoms with Crippen LogP contribution in [0.25, 0.3) is 0 Å². The summed E-state index contributed by atoms with van der Waals surface area (Å²) in [5.41, 5.74) is 1.36. The maximum atomic E-state index is 12.7. The summed E-state index contributed by atoms with van der Waals surface area (Å²) in [6, 6.07) is 1.08. The third kappa shape index (κ3) is 3.09. The molecule has 0 unspecified atom stereocenters. The van der Waals surface area contributed by atoms with Crippen molar-refractivity contribution in [1.29, 1.82) is 0 Å². The molecule has 0 bridgehead atoms. The third-order valence-electron chi connectivity index (χ3n) is 3.96. The first-order valence-electron chi connectivity index (χ1n) is 7.57. The Morgan fingerprint density at radius 3 is 2.71 bits per heavy atom. The molecule has 0 radical (unpaired) electrons. The lowest BCUT2D eigenvalue weighted by molar-refractivity contribution is -0.143. The van der Waals surface area contributed by atoms with Crippen molar-refractivity contribution < 1.29 is 14.7 Å². The lowest BCUT2D eigenvalue weighted by Gasteiger charge is -2.32. The van der Waals surface area contributed by atoms with Gasteiger partial charge in [0.25, 0.3) is 5.91 Å². The molecule has 1 aliphatic rings. The zero-order chi connectivity index (χ0) is 15.6. The molecule has 6 nitrogen and oxygen atoms in total. The Labute approximate surface area is 124 Å². The maximum Gasteiger partial charge on any atom is 0.326 e. The van der Waals surface area contributed by atoms with Crippen LogP contribution >= 0.6 is 0 Å². The lowest BCUT2D eigenvalue weighted by atomic mass is 10.0. The van der Waals surface area contributed by atoms with Gasteiger partial charge in [-0.15, -0.1) is 0 Å². The topological polar surface area (TPSA) is 75.4 Å². The van der Waals surface area contributed by atoms with E-state index in [1.807, 2.05) is 20.8 Å². The van der Waals surface area contributed by atoms with Crippen LogP contribution in [-0.4, -0.2) is 44.3 Å². The van der Waals surface area contributed by atoms with E-state index >= 15 is 0 Å². The van der Waals surface area contributed by atoms with Crippen LogP contribution in [0.1, 0.15) is 62.1 Å². The first kappa shape index (κ1) is 15.5. The minimum Gasteiger partial charge on any atom is -0.480 e. The number of carbonyl (C=O) groups excluding carboxylic acids is 1. The van der Waals surface area contributed by atoms with Gasteiger partial charge in [-0.2, -0.15) is 5.10 Å². The van der Waals surface area contributed by atoms with Gasteiger partial charge in [0.1, 0.15) is 11.7 Å². The van der Waals surface area contributed by atoms with Crippen LogP contribution in [0.4, 0.5) is 0 Å². The second kappa shape index (κ2) is 6.28. The molecule has 1 saturated heterocycles. The van der Waals surface area contributed by atoms with E-state index in [1.165, 1.54) is 4.90 Å². The van der Waals surface area contributed by atoms with E-state index in [0.29, 0.717) is 25.2 Å². The fourth-order valence-electron chi connectivity index (χ4n) is 2.71. The number of hydrogen-bond acceptors (Lipinski definition) is 3. The van der Waals surface area contributed by atoms with Crippen molar-refractivity contribution in [3.63, 3.8) is 0 Å². The number of aromatic nitrogens is 2. The monoisotopic (exact) mass is 293 g/mol. The van der Waals surface area contributed by atoms with Crippen molar-refractivity contribution >= 4 is 11.9 Å². The average molecular weight is 293 g/mol. The number of aliphatic carboxylic acids is 1.